The molecule has 2 aliphatic rings. The van der Waals surface area contributed by atoms with Gasteiger partial charge >= 0.3 is 0 Å². The minimum absolute atomic E-state index is 0.305. The molecule has 2 saturated heterocycles. The molecule has 2 heterocycles. The van der Waals surface area contributed by atoms with Gasteiger partial charge in [0.15, 0.2) is 0 Å². The Morgan fingerprint density at radius 1 is 1.00 bits per heavy atom. The summed E-state index contributed by atoms with van der Waals surface area (Å²) in [6, 6.07) is 0.478. The summed E-state index contributed by atoms with van der Waals surface area (Å²) in [6.45, 7) is 9.26. The molecular formula is C15H32N2O. The molecule has 3 heteroatoms. The summed E-state index contributed by atoms with van der Waals surface area (Å²) in [4.78, 5) is 10.7. The van der Waals surface area contributed by atoms with Crippen molar-refractivity contribution in [3.63, 3.8) is 0 Å². The Morgan fingerprint density at radius 2 is 1.61 bits per heavy atom. The van der Waals surface area contributed by atoms with Crippen molar-refractivity contribution in [3.8, 4) is 0 Å². The van der Waals surface area contributed by atoms with Crippen LogP contribution in [0.5, 0.6) is 0 Å². The van der Waals surface area contributed by atoms with Gasteiger partial charge in [0.25, 0.3) is 0 Å². The van der Waals surface area contributed by atoms with Crippen LogP contribution in [0.3, 0.4) is 0 Å². The number of carbonyl (C=O) groups is 1. The minimum atomic E-state index is 0.305. The van der Waals surface area contributed by atoms with Crippen molar-refractivity contribution in [3.05, 3.63) is 0 Å². The number of carbonyl (C=O) groups excluding carboxylic acids is 1. The van der Waals surface area contributed by atoms with Gasteiger partial charge in [-0.15, -0.1) is 0 Å². The average Bonchev–Trinajstić information content (AvgIpc) is 2.44. The van der Waals surface area contributed by atoms with Crippen LogP contribution in [-0.2, 0) is 4.79 Å². The largest absolute Gasteiger partial charge is 0.317 e. The van der Waals surface area contributed by atoms with Gasteiger partial charge in [0, 0.05) is 12.5 Å². The monoisotopic (exact) mass is 256 g/mol. The van der Waals surface area contributed by atoms with E-state index in [9.17, 15) is 4.79 Å². The summed E-state index contributed by atoms with van der Waals surface area (Å²) in [5.41, 5.74) is 0. The first kappa shape index (κ1) is 17.6. The lowest BCUT2D eigenvalue weighted by molar-refractivity contribution is -0.117. The lowest BCUT2D eigenvalue weighted by Gasteiger charge is -2.21. The fraction of sp³-hybridized carbons (Fsp3) is 0.933. The molecule has 3 nitrogen and oxygen atoms in total. The van der Waals surface area contributed by atoms with E-state index in [2.05, 4.69) is 10.6 Å². The zero-order valence-corrected chi connectivity index (χ0v) is 12.6. The molecule has 2 fully saturated rings. The van der Waals surface area contributed by atoms with E-state index in [1.807, 2.05) is 13.8 Å². The summed E-state index contributed by atoms with van der Waals surface area (Å²) in [5.74, 6) is 0.305. The lowest BCUT2D eigenvalue weighted by Crippen LogP contribution is -2.35. The van der Waals surface area contributed by atoms with E-state index in [0.717, 1.165) is 13.0 Å². The molecule has 0 aromatic heterocycles. The van der Waals surface area contributed by atoms with Crippen LogP contribution >= 0.6 is 0 Å². The first-order valence-electron chi connectivity index (χ1n) is 7.72. The van der Waals surface area contributed by atoms with Gasteiger partial charge in [-0.1, -0.05) is 26.7 Å². The van der Waals surface area contributed by atoms with Crippen LogP contribution in [0.1, 0.15) is 65.7 Å². The third-order valence-corrected chi connectivity index (χ3v) is 3.15. The predicted octanol–water partition coefficient (Wildman–Crippen LogP) is 2.89. The van der Waals surface area contributed by atoms with Crippen LogP contribution in [-0.4, -0.2) is 31.5 Å². The normalized spacial score (nSPS) is 22.9. The number of Topliss-reactive ketones (excluding diaryl/α,β-unsaturated/α-hetero) is 1. The van der Waals surface area contributed by atoms with Gasteiger partial charge in [-0.2, -0.15) is 0 Å². The summed E-state index contributed by atoms with van der Waals surface area (Å²) in [7, 11) is 0. The highest BCUT2D eigenvalue weighted by atomic mass is 16.1. The maximum atomic E-state index is 10.7. The fourth-order valence-corrected chi connectivity index (χ4v) is 2.25. The Hall–Kier alpha value is -0.410. The van der Waals surface area contributed by atoms with Crippen molar-refractivity contribution in [2.75, 3.05) is 19.6 Å². The van der Waals surface area contributed by atoms with E-state index >= 15 is 0 Å². The van der Waals surface area contributed by atoms with Crippen molar-refractivity contribution in [1.82, 2.24) is 10.6 Å². The molecule has 1 atom stereocenters. The second-order valence-electron chi connectivity index (χ2n) is 4.86. The molecular weight excluding hydrogens is 224 g/mol. The molecule has 0 aromatic rings. The van der Waals surface area contributed by atoms with Gasteiger partial charge in [-0.3, -0.25) is 4.79 Å². The molecule has 0 saturated carbocycles. The van der Waals surface area contributed by atoms with E-state index < -0.39 is 0 Å². The molecule has 0 amide bonds. The summed E-state index contributed by atoms with van der Waals surface area (Å²) < 4.78 is 0. The Bertz CT molecular complexity index is 173. The van der Waals surface area contributed by atoms with Crippen LogP contribution in [0.2, 0.25) is 0 Å². The molecule has 0 unspecified atom stereocenters. The second kappa shape index (κ2) is 13.0. The third kappa shape index (κ3) is 10.7. The van der Waals surface area contributed by atoms with E-state index in [-0.39, 0.29) is 0 Å². The maximum absolute atomic E-state index is 10.7. The molecule has 18 heavy (non-hydrogen) atoms. The van der Waals surface area contributed by atoms with Crippen molar-refractivity contribution in [2.45, 2.75) is 71.8 Å². The molecule has 108 valence electrons. The van der Waals surface area contributed by atoms with E-state index in [4.69, 9.17) is 0 Å². The van der Waals surface area contributed by atoms with Crippen LogP contribution in [0.25, 0.3) is 0 Å². The number of rotatable bonds is 2. The van der Waals surface area contributed by atoms with Gasteiger partial charge in [-0.25, -0.2) is 0 Å². The smallest absolute Gasteiger partial charge is 0.131 e. The predicted molar refractivity (Wildman–Crippen MR) is 79.0 cm³/mol. The number of hydrogen-bond donors (Lipinski definition) is 2. The molecule has 0 aromatic carbocycles. The molecule has 0 spiro atoms. The van der Waals surface area contributed by atoms with Gasteiger partial charge < -0.3 is 10.6 Å². The highest BCUT2D eigenvalue weighted by Crippen LogP contribution is 2.09. The Morgan fingerprint density at radius 3 is 1.94 bits per heavy atom. The summed E-state index contributed by atoms with van der Waals surface area (Å²) in [5, 5.41) is 6.61. The minimum Gasteiger partial charge on any atom is -0.317 e. The van der Waals surface area contributed by atoms with Crippen LogP contribution in [0.4, 0.5) is 0 Å². The molecule has 2 rings (SSSR count). The highest BCUT2D eigenvalue weighted by molar-refractivity contribution is 5.76. The molecule has 0 bridgehead atoms. The standard InChI is InChI=1S/C8H15NO.C5H11N.C2H6/c1-7(10)6-8-4-2-3-5-9-8;1-2-4-6-5-3-1;1-2/h8-9H,2-6H2,1H3;6H,1-5H2;1-2H3/t8-;;/m1../s1. The first-order valence-corrected chi connectivity index (χ1v) is 7.72. The number of hydrogen-bond acceptors (Lipinski definition) is 3. The van der Waals surface area contributed by atoms with E-state index in [1.165, 1.54) is 51.6 Å². The number of nitrogens with one attached hydrogen (secondary N) is 2. The quantitative estimate of drug-likeness (QED) is 0.798. The highest BCUT2D eigenvalue weighted by Gasteiger charge is 2.13. The first-order chi connectivity index (χ1) is 8.79. The Labute approximate surface area is 113 Å². The van der Waals surface area contributed by atoms with E-state index in [1.54, 1.807) is 6.92 Å². The van der Waals surface area contributed by atoms with Crippen molar-refractivity contribution in [2.24, 2.45) is 0 Å². The van der Waals surface area contributed by atoms with Crippen LogP contribution in [0, 0.1) is 0 Å². The van der Waals surface area contributed by atoms with Gasteiger partial charge in [0.2, 0.25) is 0 Å². The zero-order chi connectivity index (χ0) is 13.6. The lowest BCUT2D eigenvalue weighted by atomic mass is 10.0. The van der Waals surface area contributed by atoms with Gasteiger partial charge in [0.1, 0.15) is 5.78 Å². The third-order valence-electron chi connectivity index (χ3n) is 3.15. The van der Waals surface area contributed by atoms with Crippen LogP contribution in [0.15, 0.2) is 0 Å². The topological polar surface area (TPSA) is 41.1 Å². The Balaban J connectivity index is 0.000000308. The summed E-state index contributed by atoms with van der Waals surface area (Å²) in [6.07, 6.45) is 8.67. The molecule has 2 aliphatic heterocycles. The van der Waals surface area contributed by atoms with Crippen LogP contribution < -0.4 is 10.6 Å². The SMILES string of the molecule is C1CCNCC1.CC.CC(=O)C[C@H]1CCCCN1. The fourth-order valence-electron chi connectivity index (χ4n) is 2.25. The Kier molecular flexibility index (Phi) is 12.7. The number of piperidine rings is 2. The average molecular weight is 256 g/mol. The second-order valence-corrected chi connectivity index (χ2v) is 4.86. The summed E-state index contributed by atoms with van der Waals surface area (Å²) >= 11 is 0. The van der Waals surface area contributed by atoms with Gasteiger partial charge in [0.05, 0.1) is 0 Å². The molecule has 0 radical (unpaired) electrons. The number of ketones is 1. The molecule has 0 aliphatic carbocycles. The van der Waals surface area contributed by atoms with E-state index in [0.29, 0.717) is 11.8 Å². The van der Waals surface area contributed by atoms with Gasteiger partial charge in [-0.05, 0) is 52.2 Å². The molecule has 2 N–H and O–H groups in total. The maximum Gasteiger partial charge on any atom is 0.131 e. The van der Waals surface area contributed by atoms with Crippen molar-refractivity contribution in [1.29, 1.82) is 0 Å². The zero-order valence-electron chi connectivity index (χ0n) is 12.6. The van der Waals surface area contributed by atoms with Crippen molar-refractivity contribution >= 4 is 5.78 Å². The van der Waals surface area contributed by atoms with Crippen molar-refractivity contribution < 1.29 is 4.79 Å².